The van der Waals surface area contributed by atoms with Gasteiger partial charge in [-0.2, -0.15) is 0 Å². The summed E-state index contributed by atoms with van der Waals surface area (Å²) in [6, 6.07) is 6.70. The SMILES string of the molecule is NC(=O)C12CCC1(c1cccc3c1C=CC3)C1CCC2C1. The van der Waals surface area contributed by atoms with E-state index in [0.29, 0.717) is 11.8 Å². The minimum atomic E-state index is -0.235. The number of hydrogen-bond acceptors (Lipinski definition) is 1. The lowest BCUT2D eigenvalue weighted by molar-refractivity contribution is -0.149. The zero-order valence-electron chi connectivity index (χ0n) is 12.3. The van der Waals surface area contributed by atoms with Crippen molar-refractivity contribution in [2.24, 2.45) is 23.0 Å². The zero-order valence-corrected chi connectivity index (χ0v) is 12.3. The average Bonchev–Trinajstić information content (AvgIpc) is 3.10. The number of rotatable bonds is 2. The summed E-state index contributed by atoms with van der Waals surface area (Å²) < 4.78 is 0. The Labute approximate surface area is 125 Å². The number of nitrogens with two attached hydrogens (primary N) is 1. The van der Waals surface area contributed by atoms with Gasteiger partial charge in [-0.25, -0.2) is 0 Å². The fourth-order valence-electron chi connectivity index (χ4n) is 6.50. The molecule has 2 nitrogen and oxygen atoms in total. The van der Waals surface area contributed by atoms with Gasteiger partial charge in [0, 0.05) is 5.41 Å². The van der Waals surface area contributed by atoms with Crippen LogP contribution < -0.4 is 5.73 Å². The molecule has 21 heavy (non-hydrogen) atoms. The average molecular weight is 279 g/mol. The number of hydrogen-bond donors (Lipinski definition) is 1. The van der Waals surface area contributed by atoms with E-state index in [-0.39, 0.29) is 16.7 Å². The van der Waals surface area contributed by atoms with Crippen LogP contribution in [0, 0.1) is 17.3 Å². The third-order valence-corrected chi connectivity index (χ3v) is 7.28. The van der Waals surface area contributed by atoms with Gasteiger partial charge in [0.25, 0.3) is 0 Å². The lowest BCUT2D eigenvalue weighted by atomic mass is 9.41. The number of fused-ring (bicyclic) bond motifs is 6. The molecule has 0 aromatic heterocycles. The van der Waals surface area contributed by atoms with Gasteiger partial charge < -0.3 is 5.73 Å². The maximum atomic E-state index is 12.5. The predicted octanol–water partition coefficient (Wildman–Crippen LogP) is 3.19. The van der Waals surface area contributed by atoms with Crippen LogP contribution in [0.2, 0.25) is 0 Å². The molecule has 0 spiro atoms. The van der Waals surface area contributed by atoms with Crippen LogP contribution >= 0.6 is 0 Å². The predicted molar refractivity (Wildman–Crippen MR) is 82.6 cm³/mol. The summed E-state index contributed by atoms with van der Waals surface area (Å²) in [5.41, 5.74) is 10.1. The molecule has 2 bridgehead atoms. The van der Waals surface area contributed by atoms with Crippen LogP contribution in [-0.4, -0.2) is 5.91 Å². The second kappa shape index (κ2) is 3.60. The van der Waals surface area contributed by atoms with Crippen LogP contribution in [0.3, 0.4) is 0 Å². The molecule has 1 aromatic carbocycles. The molecule has 4 unspecified atom stereocenters. The van der Waals surface area contributed by atoms with Crippen molar-refractivity contribution < 1.29 is 4.79 Å². The van der Waals surface area contributed by atoms with Gasteiger partial charge in [0.2, 0.25) is 5.91 Å². The largest absolute Gasteiger partial charge is 0.369 e. The first-order valence-corrected chi connectivity index (χ1v) is 8.29. The molecule has 4 aliphatic rings. The Morgan fingerprint density at radius 3 is 2.81 bits per heavy atom. The Kier molecular flexibility index (Phi) is 2.06. The highest BCUT2D eigenvalue weighted by Crippen LogP contribution is 2.76. The Bertz CT molecular complexity index is 691. The van der Waals surface area contributed by atoms with Gasteiger partial charge in [-0.15, -0.1) is 0 Å². The monoisotopic (exact) mass is 279 g/mol. The lowest BCUT2D eigenvalue weighted by Crippen LogP contribution is -2.64. The van der Waals surface area contributed by atoms with Gasteiger partial charge >= 0.3 is 0 Å². The number of benzene rings is 1. The molecule has 2 N–H and O–H groups in total. The number of carbonyl (C=O) groups is 1. The molecule has 0 aliphatic heterocycles. The van der Waals surface area contributed by atoms with Gasteiger partial charge in [-0.1, -0.05) is 30.4 Å². The van der Waals surface area contributed by atoms with Gasteiger partial charge in [-0.3, -0.25) is 4.79 Å². The van der Waals surface area contributed by atoms with Crippen LogP contribution in [0.15, 0.2) is 24.3 Å². The van der Waals surface area contributed by atoms with E-state index in [1.165, 1.54) is 36.0 Å². The third-order valence-electron chi connectivity index (χ3n) is 7.28. The zero-order chi connectivity index (χ0) is 14.2. The number of allylic oxidation sites excluding steroid dienone is 1. The Morgan fingerprint density at radius 1 is 1.19 bits per heavy atom. The van der Waals surface area contributed by atoms with Crippen LogP contribution in [0.5, 0.6) is 0 Å². The Morgan fingerprint density at radius 2 is 2.05 bits per heavy atom. The van der Waals surface area contributed by atoms with Crippen molar-refractivity contribution in [1.82, 2.24) is 0 Å². The van der Waals surface area contributed by atoms with Crippen LogP contribution in [0.25, 0.3) is 6.08 Å². The molecular weight excluding hydrogens is 258 g/mol. The van der Waals surface area contributed by atoms with Crippen molar-refractivity contribution in [2.45, 2.75) is 43.9 Å². The highest BCUT2D eigenvalue weighted by molar-refractivity contribution is 5.87. The van der Waals surface area contributed by atoms with Crippen LogP contribution in [0.1, 0.15) is 48.8 Å². The molecule has 1 aromatic rings. The first kappa shape index (κ1) is 12.0. The quantitative estimate of drug-likeness (QED) is 0.887. The highest BCUT2D eigenvalue weighted by atomic mass is 16.1. The number of carbonyl (C=O) groups excluding carboxylic acids is 1. The van der Waals surface area contributed by atoms with Crippen LogP contribution in [-0.2, 0) is 16.6 Å². The van der Waals surface area contributed by atoms with E-state index in [1.807, 2.05) is 0 Å². The second-order valence-electron chi connectivity index (χ2n) is 7.50. The smallest absolute Gasteiger partial charge is 0.224 e. The first-order chi connectivity index (χ1) is 10.2. The maximum Gasteiger partial charge on any atom is 0.224 e. The Balaban J connectivity index is 1.77. The van der Waals surface area contributed by atoms with Crippen molar-refractivity contribution in [1.29, 1.82) is 0 Å². The first-order valence-electron chi connectivity index (χ1n) is 8.29. The van der Waals surface area contributed by atoms with E-state index < -0.39 is 0 Å². The van der Waals surface area contributed by atoms with E-state index in [0.717, 1.165) is 19.3 Å². The van der Waals surface area contributed by atoms with Crippen molar-refractivity contribution in [3.05, 3.63) is 41.0 Å². The lowest BCUT2D eigenvalue weighted by Gasteiger charge is -2.61. The minimum Gasteiger partial charge on any atom is -0.369 e. The molecule has 2 heteroatoms. The van der Waals surface area contributed by atoms with Gasteiger partial charge in [0.05, 0.1) is 5.41 Å². The van der Waals surface area contributed by atoms with E-state index >= 15 is 0 Å². The molecule has 0 heterocycles. The molecule has 0 radical (unpaired) electrons. The van der Waals surface area contributed by atoms with Gasteiger partial charge in [-0.05, 0) is 67.1 Å². The van der Waals surface area contributed by atoms with Crippen molar-refractivity contribution in [3.8, 4) is 0 Å². The third kappa shape index (κ3) is 1.09. The molecule has 108 valence electrons. The van der Waals surface area contributed by atoms with Gasteiger partial charge in [0.15, 0.2) is 0 Å². The molecule has 4 aliphatic carbocycles. The fraction of sp³-hybridized carbons (Fsp3) is 0.526. The summed E-state index contributed by atoms with van der Waals surface area (Å²) in [6.45, 7) is 0. The molecule has 3 fully saturated rings. The fourth-order valence-corrected chi connectivity index (χ4v) is 6.50. The number of amides is 1. The highest BCUT2D eigenvalue weighted by Gasteiger charge is 2.75. The standard InChI is InChI=1S/C19H21NO/c20-17(21)19-10-9-18(19,13-7-8-14(19)11-13)16-6-2-4-12-3-1-5-15(12)16/h1-2,4-6,13-14H,3,7-11H2,(H2,20,21). The van der Waals surface area contributed by atoms with Crippen LogP contribution in [0.4, 0.5) is 0 Å². The van der Waals surface area contributed by atoms with E-state index in [4.69, 9.17) is 5.73 Å². The van der Waals surface area contributed by atoms with Crippen molar-refractivity contribution in [3.63, 3.8) is 0 Å². The van der Waals surface area contributed by atoms with Gasteiger partial charge in [0.1, 0.15) is 0 Å². The maximum absolute atomic E-state index is 12.5. The summed E-state index contributed by atoms with van der Waals surface area (Å²) in [4.78, 5) is 12.5. The molecule has 4 atom stereocenters. The molecule has 1 amide bonds. The van der Waals surface area contributed by atoms with Crippen molar-refractivity contribution in [2.75, 3.05) is 0 Å². The topological polar surface area (TPSA) is 43.1 Å². The molecular formula is C19H21NO. The summed E-state index contributed by atoms with van der Waals surface area (Å²) in [7, 11) is 0. The summed E-state index contributed by atoms with van der Waals surface area (Å²) in [6.07, 6.45) is 11.4. The van der Waals surface area contributed by atoms with E-state index in [2.05, 4.69) is 30.4 Å². The molecule has 0 saturated heterocycles. The second-order valence-corrected chi connectivity index (χ2v) is 7.50. The summed E-state index contributed by atoms with van der Waals surface area (Å²) in [5, 5.41) is 0. The molecule has 5 rings (SSSR count). The summed E-state index contributed by atoms with van der Waals surface area (Å²) in [5.74, 6) is 1.18. The normalized spacial score (nSPS) is 41.7. The molecule has 3 saturated carbocycles. The number of primary amides is 1. The Hall–Kier alpha value is -1.57. The van der Waals surface area contributed by atoms with E-state index in [1.54, 1.807) is 0 Å². The van der Waals surface area contributed by atoms with E-state index in [9.17, 15) is 4.79 Å². The summed E-state index contributed by atoms with van der Waals surface area (Å²) >= 11 is 0. The van der Waals surface area contributed by atoms with Crippen molar-refractivity contribution >= 4 is 12.0 Å². The minimum absolute atomic E-state index is 0.0273.